The molecule has 7 heteroatoms. The SMILES string of the molecule is COc1ccc(C(NC(=O)Cc2cc(C)ccc2OC)C(=O)O)cc1Cl. The van der Waals surface area contributed by atoms with Gasteiger partial charge in [-0.25, -0.2) is 4.79 Å². The number of ether oxygens (including phenoxy) is 2. The number of aryl methyl sites for hydroxylation is 1. The van der Waals surface area contributed by atoms with Crippen molar-refractivity contribution in [2.75, 3.05) is 14.2 Å². The molecule has 0 saturated carbocycles. The molecule has 2 rings (SSSR count). The van der Waals surface area contributed by atoms with Crippen molar-refractivity contribution in [2.24, 2.45) is 0 Å². The van der Waals surface area contributed by atoms with Gasteiger partial charge in [0.2, 0.25) is 5.91 Å². The molecule has 26 heavy (non-hydrogen) atoms. The second-order valence-corrected chi connectivity index (χ2v) is 6.13. The van der Waals surface area contributed by atoms with E-state index in [9.17, 15) is 14.7 Å². The fraction of sp³-hybridized carbons (Fsp3) is 0.263. The van der Waals surface area contributed by atoms with E-state index in [1.807, 2.05) is 19.1 Å². The van der Waals surface area contributed by atoms with Crippen LogP contribution in [0.25, 0.3) is 0 Å². The summed E-state index contributed by atoms with van der Waals surface area (Å²) in [6.07, 6.45) is -0.00147. The predicted octanol–water partition coefficient (Wildman–Crippen LogP) is 3.15. The summed E-state index contributed by atoms with van der Waals surface area (Å²) < 4.78 is 10.3. The van der Waals surface area contributed by atoms with Crippen LogP contribution in [0.3, 0.4) is 0 Å². The fourth-order valence-corrected chi connectivity index (χ4v) is 2.85. The van der Waals surface area contributed by atoms with Crippen molar-refractivity contribution in [3.63, 3.8) is 0 Å². The molecule has 0 aliphatic heterocycles. The molecule has 0 aliphatic carbocycles. The summed E-state index contributed by atoms with van der Waals surface area (Å²) >= 11 is 6.05. The number of halogens is 1. The number of aliphatic carboxylic acids is 1. The van der Waals surface area contributed by atoms with Crippen LogP contribution in [-0.4, -0.2) is 31.2 Å². The van der Waals surface area contributed by atoms with E-state index in [-0.39, 0.29) is 11.4 Å². The highest BCUT2D eigenvalue weighted by Gasteiger charge is 2.23. The molecule has 1 amide bonds. The van der Waals surface area contributed by atoms with Gasteiger partial charge in [0.1, 0.15) is 11.5 Å². The molecule has 0 saturated heterocycles. The number of nitrogens with one attached hydrogen (secondary N) is 1. The summed E-state index contributed by atoms with van der Waals surface area (Å²) in [5.74, 6) is -0.621. The summed E-state index contributed by atoms with van der Waals surface area (Å²) in [6, 6.07) is 8.84. The molecular weight excluding hydrogens is 358 g/mol. The first-order valence-corrected chi connectivity index (χ1v) is 8.22. The van der Waals surface area contributed by atoms with Crippen molar-refractivity contribution in [2.45, 2.75) is 19.4 Å². The highest BCUT2D eigenvalue weighted by Crippen LogP contribution is 2.28. The number of hydrogen-bond donors (Lipinski definition) is 2. The molecule has 0 aliphatic rings. The van der Waals surface area contributed by atoms with Crippen LogP contribution in [-0.2, 0) is 16.0 Å². The second-order valence-electron chi connectivity index (χ2n) is 5.72. The lowest BCUT2D eigenvalue weighted by Crippen LogP contribution is -2.34. The van der Waals surface area contributed by atoms with Crippen LogP contribution in [0.5, 0.6) is 11.5 Å². The largest absolute Gasteiger partial charge is 0.496 e. The maximum atomic E-state index is 12.4. The maximum absolute atomic E-state index is 12.4. The maximum Gasteiger partial charge on any atom is 0.330 e. The molecule has 0 aromatic heterocycles. The van der Waals surface area contributed by atoms with Crippen LogP contribution in [0.15, 0.2) is 36.4 Å². The number of benzene rings is 2. The Labute approximate surface area is 156 Å². The van der Waals surface area contributed by atoms with Crippen LogP contribution in [0.4, 0.5) is 0 Å². The van der Waals surface area contributed by atoms with Gasteiger partial charge >= 0.3 is 5.97 Å². The molecule has 0 spiro atoms. The average Bonchev–Trinajstić information content (AvgIpc) is 2.59. The topological polar surface area (TPSA) is 84.9 Å². The Balaban J connectivity index is 2.20. The zero-order chi connectivity index (χ0) is 19.3. The Morgan fingerprint density at radius 1 is 1.12 bits per heavy atom. The van der Waals surface area contributed by atoms with Gasteiger partial charge in [0.05, 0.1) is 25.7 Å². The van der Waals surface area contributed by atoms with Crippen molar-refractivity contribution in [1.29, 1.82) is 0 Å². The number of hydrogen-bond acceptors (Lipinski definition) is 4. The van der Waals surface area contributed by atoms with Crippen LogP contribution >= 0.6 is 11.6 Å². The third-order valence-electron chi connectivity index (χ3n) is 3.85. The van der Waals surface area contributed by atoms with Crippen molar-refractivity contribution in [3.05, 3.63) is 58.1 Å². The quantitative estimate of drug-likeness (QED) is 0.774. The summed E-state index contributed by atoms with van der Waals surface area (Å²) in [7, 11) is 2.98. The van der Waals surface area contributed by atoms with Crippen LogP contribution in [0.2, 0.25) is 5.02 Å². The van der Waals surface area contributed by atoms with Crippen LogP contribution in [0, 0.1) is 6.92 Å². The van der Waals surface area contributed by atoms with E-state index < -0.39 is 17.9 Å². The van der Waals surface area contributed by atoms with Gasteiger partial charge in [0.25, 0.3) is 0 Å². The number of carbonyl (C=O) groups excluding carboxylic acids is 1. The van der Waals surface area contributed by atoms with E-state index in [4.69, 9.17) is 21.1 Å². The van der Waals surface area contributed by atoms with Gasteiger partial charge in [0, 0.05) is 5.56 Å². The van der Waals surface area contributed by atoms with E-state index >= 15 is 0 Å². The lowest BCUT2D eigenvalue weighted by molar-refractivity contribution is -0.141. The van der Waals surface area contributed by atoms with E-state index in [1.165, 1.54) is 20.3 Å². The van der Waals surface area contributed by atoms with E-state index in [1.54, 1.807) is 18.2 Å². The van der Waals surface area contributed by atoms with Gasteiger partial charge < -0.3 is 19.9 Å². The Morgan fingerprint density at radius 3 is 2.35 bits per heavy atom. The minimum Gasteiger partial charge on any atom is -0.496 e. The molecule has 2 N–H and O–H groups in total. The number of carboxylic acid groups (broad SMARTS) is 1. The number of carboxylic acids is 1. The molecule has 0 radical (unpaired) electrons. The molecule has 2 aromatic carbocycles. The number of amides is 1. The third kappa shape index (κ3) is 4.67. The molecule has 0 fully saturated rings. The molecule has 1 atom stereocenters. The Hall–Kier alpha value is -2.73. The van der Waals surface area contributed by atoms with Crippen molar-refractivity contribution in [1.82, 2.24) is 5.32 Å². The van der Waals surface area contributed by atoms with Gasteiger partial charge in [-0.3, -0.25) is 4.79 Å². The van der Waals surface area contributed by atoms with Gasteiger partial charge in [-0.15, -0.1) is 0 Å². The molecular formula is C19H20ClNO5. The van der Waals surface area contributed by atoms with Crippen molar-refractivity contribution >= 4 is 23.5 Å². The van der Waals surface area contributed by atoms with Gasteiger partial charge in [-0.2, -0.15) is 0 Å². The zero-order valence-corrected chi connectivity index (χ0v) is 15.5. The fourth-order valence-electron chi connectivity index (χ4n) is 2.58. The molecule has 6 nitrogen and oxygen atoms in total. The molecule has 0 bridgehead atoms. The van der Waals surface area contributed by atoms with E-state index in [2.05, 4.69) is 5.32 Å². The summed E-state index contributed by atoms with van der Waals surface area (Å²) in [6.45, 7) is 1.90. The van der Waals surface area contributed by atoms with Gasteiger partial charge in [-0.05, 0) is 30.7 Å². The van der Waals surface area contributed by atoms with E-state index in [0.29, 0.717) is 22.6 Å². The lowest BCUT2D eigenvalue weighted by Gasteiger charge is -2.17. The van der Waals surface area contributed by atoms with Gasteiger partial charge in [-0.1, -0.05) is 35.4 Å². The lowest BCUT2D eigenvalue weighted by atomic mass is 10.0. The first-order chi connectivity index (χ1) is 12.3. The highest BCUT2D eigenvalue weighted by atomic mass is 35.5. The standard InChI is InChI=1S/C19H20ClNO5/c1-11-4-6-15(25-2)13(8-11)10-17(22)21-18(19(23)24)12-5-7-16(26-3)14(20)9-12/h4-9,18H,10H2,1-3H3,(H,21,22)(H,23,24). The van der Waals surface area contributed by atoms with Gasteiger partial charge in [0.15, 0.2) is 6.04 Å². The number of carbonyl (C=O) groups is 2. The summed E-state index contributed by atoms with van der Waals surface area (Å²) in [5, 5.41) is 12.3. The van der Waals surface area contributed by atoms with Crippen LogP contribution < -0.4 is 14.8 Å². The highest BCUT2D eigenvalue weighted by molar-refractivity contribution is 6.32. The summed E-state index contributed by atoms with van der Waals surface area (Å²) in [5.41, 5.74) is 2.01. The number of methoxy groups -OCH3 is 2. The minimum absolute atomic E-state index is 0.00147. The molecule has 1 unspecified atom stereocenters. The van der Waals surface area contributed by atoms with Crippen LogP contribution in [0.1, 0.15) is 22.7 Å². The molecule has 0 heterocycles. The third-order valence-corrected chi connectivity index (χ3v) is 4.14. The second kappa shape index (κ2) is 8.58. The molecule has 138 valence electrons. The average molecular weight is 378 g/mol. The summed E-state index contributed by atoms with van der Waals surface area (Å²) in [4.78, 5) is 24.0. The first-order valence-electron chi connectivity index (χ1n) is 7.84. The Morgan fingerprint density at radius 2 is 1.77 bits per heavy atom. The zero-order valence-electron chi connectivity index (χ0n) is 14.7. The van der Waals surface area contributed by atoms with Crippen molar-refractivity contribution < 1.29 is 24.2 Å². The Bertz CT molecular complexity index is 822. The van der Waals surface area contributed by atoms with Crippen molar-refractivity contribution in [3.8, 4) is 11.5 Å². The molecule has 2 aromatic rings. The smallest absolute Gasteiger partial charge is 0.330 e. The predicted molar refractivity (Wildman–Crippen MR) is 98.0 cm³/mol. The monoisotopic (exact) mass is 377 g/mol. The number of rotatable bonds is 7. The van der Waals surface area contributed by atoms with E-state index in [0.717, 1.165) is 5.56 Å². The Kier molecular flexibility index (Phi) is 6.46. The minimum atomic E-state index is -1.22. The first kappa shape index (κ1) is 19.6. The normalized spacial score (nSPS) is 11.5.